The molecule has 8 N–H and O–H groups in total. The molecule has 0 amide bonds. The molecule has 0 aromatic heterocycles. The van der Waals surface area contributed by atoms with E-state index in [-0.39, 0.29) is 4.90 Å². The maximum atomic E-state index is 12.9. The van der Waals surface area contributed by atoms with Crippen LogP contribution in [0.25, 0.3) is 10.8 Å². The molecular formula is C23H31N3O11S. The number of fused-ring (bicyclic) bond motifs is 1. The number of carboxylic acid groups (broad SMARTS) is 1. The van der Waals surface area contributed by atoms with Gasteiger partial charge in [0, 0.05) is 37.0 Å². The third-order valence-corrected chi connectivity index (χ3v) is 7.62. The number of nitrogens with zero attached hydrogens (tertiary/aromatic N) is 1. The zero-order valence-electron chi connectivity index (χ0n) is 20.6. The van der Waals surface area contributed by atoms with E-state index in [9.17, 15) is 38.4 Å². The molecule has 0 spiro atoms. The van der Waals surface area contributed by atoms with Crippen molar-refractivity contribution in [1.82, 2.24) is 4.72 Å². The number of anilines is 1. The third-order valence-electron chi connectivity index (χ3n) is 6.16. The molecule has 0 bridgehead atoms. The number of ether oxygens (including phenoxy) is 2. The molecule has 1 heterocycles. The monoisotopic (exact) mass is 557 g/mol. The molecule has 0 aliphatic carbocycles. The van der Waals surface area contributed by atoms with E-state index in [1.54, 1.807) is 24.3 Å². The summed E-state index contributed by atoms with van der Waals surface area (Å²) in [6.07, 6.45) is -7.94. The van der Waals surface area contributed by atoms with Crippen molar-refractivity contribution in [2.75, 3.05) is 32.1 Å². The van der Waals surface area contributed by atoms with E-state index < -0.39 is 77.8 Å². The van der Waals surface area contributed by atoms with Gasteiger partial charge in [-0.2, -0.15) is 4.72 Å². The number of nitrogens with one attached hydrogen (secondary N) is 1. The molecule has 210 valence electrons. The first-order valence-electron chi connectivity index (χ1n) is 11.5. The number of hydrogen-bond donors (Lipinski definition) is 7. The van der Waals surface area contributed by atoms with Gasteiger partial charge >= 0.3 is 11.9 Å². The molecule has 1 fully saturated rings. The van der Waals surface area contributed by atoms with Crippen molar-refractivity contribution in [2.24, 2.45) is 5.73 Å². The summed E-state index contributed by atoms with van der Waals surface area (Å²) in [7, 11) is -0.525. The van der Waals surface area contributed by atoms with Gasteiger partial charge in [0.15, 0.2) is 0 Å². The maximum Gasteiger partial charge on any atom is 0.364 e. The summed E-state index contributed by atoms with van der Waals surface area (Å²) in [4.78, 5) is 25.2. The second-order valence-electron chi connectivity index (χ2n) is 9.11. The van der Waals surface area contributed by atoms with Crippen LogP contribution in [0.3, 0.4) is 0 Å². The van der Waals surface area contributed by atoms with Gasteiger partial charge in [0.1, 0.15) is 31.5 Å². The number of rotatable bonds is 10. The highest BCUT2D eigenvalue weighted by Gasteiger charge is 2.52. The molecule has 0 saturated carbocycles. The Morgan fingerprint density at radius 2 is 1.84 bits per heavy atom. The van der Waals surface area contributed by atoms with Crippen molar-refractivity contribution in [3.63, 3.8) is 0 Å². The van der Waals surface area contributed by atoms with Crippen LogP contribution >= 0.6 is 0 Å². The summed E-state index contributed by atoms with van der Waals surface area (Å²) < 4.78 is 37.7. The van der Waals surface area contributed by atoms with Gasteiger partial charge in [-0.15, -0.1) is 0 Å². The van der Waals surface area contributed by atoms with E-state index in [1.165, 1.54) is 6.07 Å². The van der Waals surface area contributed by atoms with Crippen molar-refractivity contribution in [3.8, 4) is 0 Å². The Bertz CT molecular complexity index is 1290. The maximum absolute atomic E-state index is 12.9. The number of carboxylic acids is 1. The summed E-state index contributed by atoms with van der Waals surface area (Å²) in [5.74, 6) is -5.78. The van der Waals surface area contributed by atoms with Crippen LogP contribution in [0, 0.1) is 0 Å². The molecule has 38 heavy (non-hydrogen) atoms. The van der Waals surface area contributed by atoms with E-state index in [0.29, 0.717) is 10.8 Å². The predicted octanol–water partition coefficient (Wildman–Crippen LogP) is -2.30. The minimum atomic E-state index is -4.16. The predicted molar refractivity (Wildman–Crippen MR) is 132 cm³/mol. The third kappa shape index (κ3) is 6.22. The number of nitrogens with two attached hydrogens (primary N) is 1. The molecule has 1 aliphatic heterocycles. The second-order valence-corrected chi connectivity index (χ2v) is 10.8. The van der Waals surface area contributed by atoms with Gasteiger partial charge < -0.3 is 45.6 Å². The summed E-state index contributed by atoms with van der Waals surface area (Å²) in [5.41, 5.74) is 6.51. The first-order chi connectivity index (χ1) is 17.7. The lowest BCUT2D eigenvalue weighted by atomic mass is 9.89. The standard InChI is InChI=1S/C23H31N3O11S/c1-26(2)14-7-3-6-13-12(14)5-4-8-17(13)38(34,35)25-10-18(29)36-11-16(28)20(30)21-19(24)15(27)9-23(33,37-21)22(31)32/h3-8,15-16,19-21,25,27-28,30,33H,9-11,24H2,1-2H3,(H,31,32)/t15-,16+,19+,20+,21+,23-/m0/s1. The number of carbonyl (C=O) groups is 2. The lowest BCUT2D eigenvalue weighted by Crippen LogP contribution is -2.65. The van der Waals surface area contributed by atoms with Gasteiger partial charge in [0.25, 0.3) is 5.79 Å². The molecule has 15 heteroatoms. The van der Waals surface area contributed by atoms with Crippen LogP contribution in [0.2, 0.25) is 0 Å². The number of hydrogen-bond acceptors (Lipinski definition) is 12. The van der Waals surface area contributed by atoms with E-state index >= 15 is 0 Å². The average Bonchev–Trinajstić information content (AvgIpc) is 2.86. The lowest BCUT2D eigenvalue weighted by molar-refractivity contribution is -0.292. The van der Waals surface area contributed by atoms with Crippen molar-refractivity contribution in [3.05, 3.63) is 36.4 Å². The molecule has 0 unspecified atom stereocenters. The Kier molecular flexibility index (Phi) is 8.95. The molecule has 2 aromatic rings. The highest BCUT2D eigenvalue weighted by atomic mass is 32.2. The summed E-state index contributed by atoms with van der Waals surface area (Å²) in [6.45, 7) is -1.65. The Balaban J connectivity index is 1.62. The van der Waals surface area contributed by atoms with E-state index in [1.807, 2.05) is 25.1 Å². The lowest BCUT2D eigenvalue weighted by Gasteiger charge is -2.43. The minimum absolute atomic E-state index is 0.0603. The summed E-state index contributed by atoms with van der Waals surface area (Å²) in [5, 5.41) is 50.8. The number of benzene rings is 2. The Morgan fingerprint density at radius 3 is 2.47 bits per heavy atom. The summed E-state index contributed by atoms with van der Waals surface area (Å²) >= 11 is 0. The fourth-order valence-corrected chi connectivity index (χ4v) is 5.28. The van der Waals surface area contributed by atoms with Crippen LogP contribution in [0.15, 0.2) is 41.3 Å². The summed E-state index contributed by atoms with van der Waals surface area (Å²) in [6, 6.07) is 8.51. The number of esters is 1. The highest BCUT2D eigenvalue weighted by molar-refractivity contribution is 7.89. The Morgan fingerprint density at radius 1 is 1.21 bits per heavy atom. The molecule has 3 rings (SSSR count). The number of carbonyl (C=O) groups excluding carboxylic acids is 1. The van der Waals surface area contributed by atoms with E-state index in [2.05, 4.69) is 4.72 Å². The van der Waals surface area contributed by atoms with Crippen molar-refractivity contribution >= 4 is 38.4 Å². The average molecular weight is 558 g/mol. The number of aliphatic carboxylic acids is 1. The number of aliphatic hydroxyl groups is 4. The van der Waals surface area contributed by atoms with Crippen LogP contribution in [0.1, 0.15) is 6.42 Å². The second kappa shape index (κ2) is 11.5. The first-order valence-corrected chi connectivity index (χ1v) is 12.9. The van der Waals surface area contributed by atoms with E-state index in [4.69, 9.17) is 20.3 Å². The van der Waals surface area contributed by atoms with Crippen LogP contribution < -0.4 is 15.4 Å². The van der Waals surface area contributed by atoms with Gasteiger partial charge in [-0.3, -0.25) is 4.79 Å². The van der Waals surface area contributed by atoms with Gasteiger partial charge in [0.05, 0.1) is 17.0 Å². The minimum Gasteiger partial charge on any atom is -0.477 e. The van der Waals surface area contributed by atoms with Crippen LogP contribution in [-0.4, -0.2) is 109 Å². The van der Waals surface area contributed by atoms with Crippen molar-refractivity contribution in [1.29, 1.82) is 0 Å². The molecule has 14 nitrogen and oxygen atoms in total. The topological polar surface area (TPSA) is 229 Å². The van der Waals surface area contributed by atoms with E-state index in [0.717, 1.165) is 5.69 Å². The first kappa shape index (κ1) is 29.7. The largest absolute Gasteiger partial charge is 0.477 e. The Hall–Kier alpha value is -2.89. The SMILES string of the molecule is CN(C)c1cccc2c(S(=O)(=O)NCC(=O)OC[C@@H](O)[C@@H](O)[C@@H]3O[C@](O)(C(=O)O)C[C@H](O)[C@H]3N)cccc12. The van der Waals surface area contributed by atoms with Gasteiger partial charge in [-0.1, -0.05) is 24.3 Å². The van der Waals surface area contributed by atoms with Crippen LogP contribution in [0.4, 0.5) is 5.69 Å². The molecule has 2 aromatic carbocycles. The van der Waals surface area contributed by atoms with Gasteiger partial charge in [-0.05, 0) is 12.1 Å². The highest BCUT2D eigenvalue weighted by Crippen LogP contribution is 2.31. The van der Waals surface area contributed by atoms with Crippen molar-refractivity contribution in [2.45, 2.75) is 47.6 Å². The number of aliphatic hydroxyl groups excluding tert-OH is 3. The molecular weight excluding hydrogens is 526 g/mol. The van der Waals surface area contributed by atoms with Crippen LogP contribution in [0.5, 0.6) is 0 Å². The molecule has 1 saturated heterocycles. The van der Waals surface area contributed by atoms with Gasteiger partial charge in [-0.25, -0.2) is 13.2 Å². The number of sulfonamides is 1. The van der Waals surface area contributed by atoms with Gasteiger partial charge in [0.2, 0.25) is 10.0 Å². The fraction of sp³-hybridized carbons (Fsp3) is 0.478. The molecule has 0 radical (unpaired) electrons. The quantitative estimate of drug-likeness (QED) is 0.153. The van der Waals surface area contributed by atoms with Crippen molar-refractivity contribution < 1.29 is 53.0 Å². The Labute approximate surface area is 218 Å². The molecule has 6 atom stereocenters. The smallest absolute Gasteiger partial charge is 0.364 e. The van der Waals surface area contributed by atoms with Crippen LogP contribution in [-0.2, 0) is 29.1 Å². The zero-order valence-corrected chi connectivity index (χ0v) is 21.4. The fourth-order valence-electron chi connectivity index (χ4n) is 4.09. The normalized spacial score (nSPS) is 25.5. The zero-order chi connectivity index (χ0) is 28.4. The molecule has 1 aliphatic rings.